The molecule has 1 aromatic heterocycles. The molecule has 2 heterocycles. The van der Waals surface area contributed by atoms with E-state index in [0.29, 0.717) is 11.4 Å². The molecule has 0 aliphatic carbocycles. The molecule has 3 rings (SSSR count). The number of carbonyl (C=O) groups excluding carboxylic acids is 1. The van der Waals surface area contributed by atoms with Crippen LogP contribution in [0.4, 0.5) is 11.4 Å². The minimum atomic E-state index is -0.444. The molecule has 0 bridgehead atoms. The van der Waals surface area contributed by atoms with Crippen molar-refractivity contribution in [3.8, 4) is 0 Å². The summed E-state index contributed by atoms with van der Waals surface area (Å²) in [5, 5.41) is 17.5. The van der Waals surface area contributed by atoms with Crippen molar-refractivity contribution in [2.45, 2.75) is 19.4 Å². The van der Waals surface area contributed by atoms with E-state index in [-0.39, 0.29) is 17.8 Å². The molecule has 0 atom stereocenters. The molecule has 23 heavy (non-hydrogen) atoms. The van der Waals surface area contributed by atoms with Crippen LogP contribution >= 0.6 is 0 Å². The van der Waals surface area contributed by atoms with Crippen LogP contribution in [0.15, 0.2) is 35.0 Å². The van der Waals surface area contributed by atoms with Crippen molar-refractivity contribution in [3.63, 3.8) is 0 Å². The van der Waals surface area contributed by atoms with E-state index >= 15 is 0 Å². The maximum absolute atomic E-state index is 12.1. The van der Waals surface area contributed by atoms with Gasteiger partial charge in [-0.05, 0) is 25.0 Å². The molecular weight excluding hydrogens is 300 g/mol. The lowest BCUT2D eigenvalue weighted by Crippen LogP contribution is -2.23. The Balaban J connectivity index is 1.78. The standard InChI is InChI=1S/C15H16N4O4/c20-15(16-10-12-5-6-17-23-12)11-3-4-13(14(9-11)19(21)22)18-7-1-2-8-18/h3-6,9H,1-2,7-8,10H2,(H,16,20). The van der Waals surface area contributed by atoms with E-state index in [0.717, 1.165) is 25.9 Å². The van der Waals surface area contributed by atoms with Crippen molar-refractivity contribution in [2.75, 3.05) is 18.0 Å². The van der Waals surface area contributed by atoms with Crippen molar-refractivity contribution < 1.29 is 14.2 Å². The van der Waals surface area contributed by atoms with Crippen molar-refractivity contribution in [3.05, 3.63) is 51.9 Å². The third-order valence-corrected chi connectivity index (χ3v) is 3.80. The second-order valence-electron chi connectivity index (χ2n) is 5.32. The Morgan fingerprint density at radius 1 is 1.35 bits per heavy atom. The minimum Gasteiger partial charge on any atom is -0.366 e. The quantitative estimate of drug-likeness (QED) is 0.669. The highest BCUT2D eigenvalue weighted by atomic mass is 16.6. The van der Waals surface area contributed by atoms with Crippen LogP contribution < -0.4 is 10.2 Å². The van der Waals surface area contributed by atoms with Gasteiger partial charge in [-0.25, -0.2) is 0 Å². The molecule has 1 aliphatic heterocycles. The monoisotopic (exact) mass is 316 g/mol. The molecular formula is C15H16N4O4. The maximum atomic E-state index is 12.1. The number of nitro benzene ring substituents is 1. The highest BCUT2D eigenvalue weighted by Crippen LogP contribution is 2.31. The van der Waals surface area contributed by atoms with E-state index in [4.69, 9.17) is 4.52 Å². The van der Waals surface area contributed by atoms with Gasteiger partial charge >= 0.3 is 0 Å². The van der Waals surface area contributed by atoms with Crippen LogP contribution in [0.2, 0.25) is 0 Å². The summed E-state index contributed by atoms with van der Waals surface area (Å²) in [6.07, 6.45) is 3.53. The summed E-state index contributed by atoms with van der Waals surface area (Å²) in [4.78, 5) is 25.0. The molecule has 0 saturated carbocycles. The summed E-state index contributed by atoms with van der Waals surface area (Å²) in [6.45, 7) is 1.79. The van der Waals surface area contributed by atoms with Gasteiger partial charge in [-0.15, -0.1) is 0 Å². The van der Waals surface area contributed by atoms with Gasteiger partial charge in [-0.3, -0.25) is 14.9 Å². The minimum absolute atomic E-state index is 0.0424. The van der Waals surface area contributed by atoms with Crippen LogP contribution in [0.5, 0.6) is 0 Å². The average Bonchev–Trinajstić information content (AvgIpc) is 3.25. The number of hydrogen-bond acceptors (Lipinski definition) is 6. The Hall–Kier alpha value is -2.90. The molecule has 0 spiro atoms. The highest BCUT2D eigenvalue weighted by Gasteiger charge is 2.23. The zero-order valence-corrected chi connectivity index (χ0v) is 12.4. The Bertz CT molecular complexity index is 708. The Morgan fingerprint density at radius 2 is 2.13 bits per heavy atom. The number of benzene rings is 1. The Labute approximate surface area is 132 Å². The average molecular weight is 316 g/mol. The van der Waals surface area contributed by atoms with Crippen LogP contribution in [-0.4, -0.2) is 29.1 Å². The van der Waals surface area contributed by atoms with Crippen molar-refractivity contribution in [1.82, 2.24) is 10.5 Å². The van der Waals surface area contributed by atoms with E-state index in [1.807, 2.05) is 4.90 Å². The summed E-state index contributed by atoms with van der Waals surface area (Å²) >= 11 is 0. The number of nitro groups is 1. The van der Waals surface area contributed by atoms with Crippen LogP contribution in [-0.2, 0) is 6.54 Å². The van der Waals surface area contributed by atoms with E-state index in [1.165, 1.54) is 12.3 Å². The summed E-state index contributed by atoms with van der Waals surface area (Å²) in [7, 11) is 0. The van der Waals surface area contributed by atoms with Gasteiger partial charge in [-0.1, -0.05) is 5.16 Å². The summed E-state index contributed by atoms with van der Waals surface area (Å²) in [5.74, 6) is 0.124. The Morgan fingerprint density at radius 3 is 2.78 bits per heavy atom. The first-order valence-corrected chi connectivity index (χ1v) is 7.36. The van der Waals surface area contributed by atoms with Crippen LogP contribution in [0, 0.1) is 10.1 Å². The number of hydrogen-bond donors (Lipinski definition) is 1. The molecule has 1 amide bonds. The summed E-state index contributed by atoms with van der Waals surface area (Å²) < 4.78 is 4.89. The van der Waals surface area contributed by atoms with Crippen LogP contribution in [0.3, 0.4) is 0 Å². The van der Waals surface area contributed by atoms with Gasteiger partial charge in [0, 0.05) is 30.8 Å². The number of carbonyl (C=O) groups is 1. The number of aromatic nitrogens is 1. The molecule has 0 radical (unpaired) electrons. The summed E-state index contributed by atoms with van der Waals surface area (Å²) in [5.41, 5.74) is 0.776. The van der Waals surface area contributed by atoms with Gasteiger partial charge in [0.2, 0.25) is 0 Å². The first-order chi connectivity index (χ1) is 11.1. The van der Waals surface area contributed by atoms with E-state index in [9.17, 15) is 14.9 Å². The lowest BCUT2D eigenvalue weighted by atomic mass is 10.1. The zero-order chi connectivity index (χ0) is 16.2. The van der Waals surface area contributed by atoms with Crippen molar-refractivity contribution >= 4 is 17.3 Å². The predicted molar refractivity (Wildman–Crippen MR) is 82.2 cm³/mol. The highest BCUT2D eigenvalue weighted by molar-refractivity contribution is 5.95. The predicted octanol–water partition coefficient (Wildman–Crippen LogP) is 2.11. The SMILES string of the molecule is O=C(NCc1ccno1)c1ccc(N2CCCC2)c([N+](=O)[O-])c1. The lowest BCUT2D eigenvalue weighted by Gasteiger charge is -2.17. The van der Waals surface area contributed by atoms with Gasteiger partial charge in [-0.2, -0.15) is 0 Å². The number of rotatable bonds is 5. The fraction of sp³-hybridized carbons (Fsp3) is 0.333. The topological polar surface area (TPSA) is 102 Å². The zero-order valence-electron chi connectivity index (χ0n) is 12.4. The molecule has 1 saturated heterocycles. The molecule has 8 nitrogen and oxygen atoms in total. The lowest BCUT2D eigenvalue weighted by molar-refractivity contribution is -0.384. The van der Waals surface area contributed by atoms with E-state index in [1.54, 1.807) is 18.2 Å². The van der Waals surface area contributed by atoms with Gasteiger partial charge < -0.3 is 14.7 Å². The fourth-order valence-electron chi connectivity index (χ4n) is 2.64. The van der Waals surface area contributed by atoms with Crippen molar-refractivity contribution in [2.24, 2.45) is 0 Å². The molecule has 1 N–H and O–H groups in total. The third kappa shape index (κ3) is 3.31. The van der Waals surface area contributed by atoms with E-state index < -0.39 is 10.8 Å². The molecule has 1 aliphatic rings. The van der Waals surface area contributed by atoms with Crippen molar-refractivity contribution in [1.29, 1.82) is 0 Å². The molecule has 1 aromatic carbocycles. The second kappa shape index (κ2) is 6.47. The molecule has 8 heteroatoms. The Kier molecular flexibility index (Phi) is 4.22. The first kappa shape index (κ1) is 15.0. The number of nitrogens with zero attached hydrogens (tertiary/aromatic N) is 3. The fourth-order valence-corrected chi connectivity index (χ4v) is 2.64. The van der Waals surface area contributed by atoms with Gasteiger partial charge in [0.05, 0.1) is 17.7 Å². The molecule has 0 unspecified atom stereocenters. The van der Waals surface area contributed by atoms with Crippen LogP contribution in [0.25, 0.3) is 0 Å². The third-order valence-electron chi connectivity index (χ3n) is 3.80. The number of nitrogens with one attached hydrogen (secondary N) is 1. The molecule has 120 valence electrons. The first-order valence-electron chi connectivity index (χ1n) is 7.36. The smallest absolute Gasteiger partial charge is 0.293 e. The largest absolute Gasteiger partial charge is 0.366 e. The van der Waals surface area contributed by atoms with Gasteiger partial charge in [0.25, 0.3) is 11.6 Å². The summed E-state index contributed by atoms with van der Waals surface area (Å²) in [6, 6.07) is 6.21. The van der Waals surface area contributed by atoms with E-state index in [2.05, 4.69) is 10.5 Å². The normalized spacial score (nSPS) is 14.0. The molecule has 2 aromatic rings. The maximum Gasteiger partial charge on any atom is 0.293 e. The number of amides is 1. The van der Waals surface area contributed by atoms with Gasteiger partial charge in [0.15, 0.2) is 5.76 Å². The molecule has 1 fully saturated rings. The van der Waals surface area contributed by atoms with Gasteiger partial charge in [0.1, 0.15) is 5.69 Å². The van der Waals surface area contributed by atoms with Crippen LogP contribution in [0.1, 0.15) is 29.0 Å². The number of anilines is 1. The second-order valence-corrected chi connectivity index (χ2v) is 5.32.